The van der Waals surface area contributed by atoms with E-state index in [2.05, 4.69) is 12.4 Å². The summed E-state index contributed by atoms with van der Waals surface area (Å²) in [4.78, 5) is 1.48. The fraction of sp³-hybridized carbons (Fsp3) is 0.833. The molecule has 0 radical (unpaired) electrons. The number of fused-ring (bicyclic) bond motifs is 2. The molecular formula is C6H12N2. The molecule has 0 amide bonds. The summed E-state index contributed by atoms with van der Waals surface area (Å²) in [5.41, 5.74) is 0. The van der Waals surface area contributed by atoms with Crippen LogP contribution in [-0.2, 0) is 0 Å². The minimum Gasteiger partial charge on any atom is -0.463 e. The first kappa shape index (κ1) is 4.77. The van der Waals surface area contributed by atoms with Crippen LogP contribution in [0.4, 0.5) is 0 Å². The molecule has 0 aromatic rings. The van der Waals surface area contributed by atoms with Crippen molar-refractivity contribution in [3.05, 3.63) is 7.05 Å². The van der Waals surface area contributed by atoms with Gasteiger partial charge in [0.15, 0.2) is 0 Å². The molecule has 2 bridgehead atoms. The lowest BCUT2D eigenvalue weighted by molar-refractivity contribution is -0.869. The molecule has 2 nitrogen and oxygen atoms in total. The van der Waals surface area contributed by atoms with Gasteiger partial charge < -0.3 is 10.2 Å². The second kappa shape index (κ2) is 1.45. The third-order valence-electron chi connectivity index (χ3n) is 2.31. The average Bonchev–Trinajstić information content (AvgIpc) is 2.23. The van der Waals surface area contributed by atoms with Crippen LogP contribution in [0.3, 0.4) is 0 Å². The summed E-state index contributed by atoms with van der Waals surface area (Å²) in [6.45, 7) is 2.44. The molecule has 1 unspecified atom stereocenters. The Kier molecular flexibility index (Phi) is 0.866. The molecule has 46 valence electrons. The molecule has 2 aliphatic rings. The van der Waals surface area contributed by atoms with Crippen LogP contribution < -0.4 is 10.2 Å². The van der Waals surface area contributed by atoms with Gasteiger partial charge in [-0.05, 0) is 0 Å². The lowest BCUT2D eigenvalue weighted by Crippen LogP contribution is -3.11. The summed E-state index contributed by atoms with van der Waals surface area (Å²) in [5, 5.41) is 3.43. The Hall–Kier alpha value is -0.0800. The van der Waals surface area contributed by atoms with E-state index in [1.165, 1.54) is 24.4 Å². The molecule has 0 aliphatic carbocycles. The Balaban J connectivity index is 2.11. The molecule has 0 aromatic heterocycles. The van der Waals surface area contributed by atoms with Gasteiger partial charge in [0, 0.05) is 13.0 Å². The van der Waals surface area contributed by atoms with Gasteiger partial charge in [0.2, 0.25) is 0 Å². The minimum atomic E-state index is 0.799. The Morgan fingerprint density at radius 1 is 1.62 bits per heavy atom. The van der Waals surface area contributed by atoms with E-state index < -0.39 is 0 Å². The van der Waals surface area contributed by atoms with E-state index in [1.54, 1.807) is 0 Å². The molecule has 2 N–H and O–H groups in total. The smallest absolute Gasteiger partial charge is 0.0779 e. The average molecular weight is 112 g/mol. The van der Waals surface area contributed by atoms with Crippen molar-refractivity contribution in [1.82, 2.24) is 5.32 Å². The predicted octanol–water partition coefficient (Wildman–Crippen LogP) is -1.59. The fourth-order valence-electron chi connectivity index (χ4n) is 1.77. The Bertz CT molecular complexity index is 101. The Morgan fingerprint density at radius 2 is 2.50 bits per heavy atom. The maximum atomic E-state index is 4.00. The van der Waals surface area contributed by atoms with Crippen LogP contribution in [-0.4, -0.2) is 25.2 Å². The number of hydrogen-bond acceptors (Lipinski definition) is 1. The van der Waals surface area contributed by atoms with Crippen LogP contribution in [0, 0.1) is 7.05 Å². The zero-order valence-electron chi connectivity index (χ0n) is 4.98. The van der Waals surface area contributed by atoms with Crippen molar-refractivity contribution in [2.24, 2.45) is 0 Å². The van der Waals surface area contributed by atoms with E-state index in [9.17, 15) is 0 Å². The van der Waals surface area contributed by atoms with Crippen molar-refractivity contribution in [2.45, 2.75) is 18.5 Å². The Morgan fingerprint density at radius 3 is 2.75 bits per heavy atom. The van der Waals surface area contributed by atoms with Crippen molar-refractivity contribution >= 4 is 0 Å². The lowest BCUT2D eigenvalue weighted by Gasteiger charge is -2.25. The number of hydrogen-bond donors (Lipinski definition) is 2. The van der Waals surface area contributed by atoms with Crippen molar-refractivity contribution < 1.29 is 4.90 Å². The van der Waals surface area contributed by atoms with Crippen LogP contribution in [0.5, 0.6) is 0 Å². The predicted molar refractivity (Wildman–Crippen MR) is 31.4 cm³/mol. The van der Waals surface area contributed by atoms with E-state index in [4.69, 9.17) is 0 Å². The van der Waals surface area contributed by atoms with Gasteiger partial charge in [-0.2, -0.15) is 7.05 Å². The van der Waals surface area contributed by atoms with E-state index in [0.717, 1.165) is 12.1 Å². The topological polar surface area (TPSA) is 16.5 Å². The van der Waals surface area contributed by atoms with Gasteiger partial charge in [-0.3, -0.25) is 0 Å². The maximum absolute atomic E-state index is 4.00. The zero-order valence-corrected chi connectivity index (χ0v) is 4.98. The molecule has 2 heterocycles. The van der Waals surface area contributed by atoms with Gasteiger partial charge in [-0.25, -0.2) is 0 Å². The fourth-order valence-corrected chi connectivity index (χ4v) is 1.77. The summed E-state index contributed by atoms with van der Waals surface area (Å²) in [5.74, 6) is 0. The molecule has 3 atom stereocenters. The number of quaternary nitrogens is 1. The lowest BCUT2D eigenvalue weighted by atomic mass is 10.2. The van der Waals surface area contributed by atoms with E-state index >= 15 is 0 Å². The van der Waals surface area contributed by atoms with Crippen LogP contribution in [0.25, 0.3) is 0 Å². The first-order valence-electron chi connectivity index (χ1n) is 3.27. The van der Waals surface area contributed by atoms with Crippen LogP contribution in [0.1, 0.15) is 6.42 Å². The largest absolute Gasteiger partial charge is 0.463 e. The van der Waals surface area contributed by atoms with Gasteiger partial charge in [0.1, 0.15) is 0 Å². The van der Waals surface area contributed by atoms with Crippen LogP contribution in [0.2, 0.25) is 0 Å². The molecule has 2 aliphatic heterocycles. The third-order valence-corrected chi connectivity index (χ3v) is 2.31. The molecule has 2 fully saturated rings. The number of likely N-dealkylation sites (tertiary alicyclic amines) is 1. The van der Waals surface area contributed by atoms with Crippen molar-refractivity contribution in [3.8, 4) is 0 Å². The van der Waals surface area contributed by atoms with E-state index in [1.807, 2.05) is 0 Å². The van der Waals surface area contributed by atoms with Crippen molar-refractivity contribution in [1.29, 1.82) is 0 Å². The summed E-state index contributed by atoms with van der Waals surface area (Å²) in [7, 11) is 4.00. The monoisotopic (exact) mass is 112 g/mol. The molecule has 0 aromatic carbocycles. The van der Waals surface area contributed by atoms with Gasteiger partial charge in [-0.15, -0.1) is 0 Å². The number of nitrogens with one attached hydrogen (secondary N) is 2. The van der Waals surface area contributed by atoms with Crippen LogP contribution >= 0.6 is 0 Å². The molecule has 2 rings (SSSR count). The van der Waals surface area contributed by atoms with Gasteiger partial charge in [0.25, 0.3) is 0 Å². The third kappa shape index (κ3) is 0.501. The number of rotatable bonds is 0. The summed E-state index contributed by atoms with van der Waals surface area (Å²) < 4.78 is 0. The molecule has 0 saturated carbocycles. The molecule has 2 heteroatoms. The molecular weight excluding hydrogens is 100 g/mol. The second-order valence-corrected chi connectivity index (χ2v) is 2.90. The zero-order chi connectivity index (χ0) is 5.56. The second-order valence-electron chi connectivity index (χ2n) is 2.90. The molecule has 0 spiro atoms. The minimum absolute atomic E-state index is 0.799. The van der Waals surface area contributed by atoms with Gasteiger partial charge in [-0.1, -0.05) is 0 Å². The standard InChI is InChI=1S/C6H12N2/c1-8-4-5-2-6(8)3-7-5/h5-8H,1-4H2/t5-,6-/m0/s1. The van der Waals surface area contributed by atoms with Crippen LogP contribution in [0.15, 0.2) is 0 Å². The quantitative estimate of drug-likeness (QED) is 0.361. The summed E-state index contributed by atoms with van der Waals surface area (Å²) in [6.07, 6.45) is 1.36. The highest BCUT2D eigenvalue weighted by molar-refractivity contribution is 4.85. The van der Waals surface area contributed by atoms with E-state index in [-0.39, 0.29) is 0 Å². The van der Waals surface area contributed by atoms with Crippen molar-refractivity contribution in [3.63, 3.8) is 0 Å². The SMILES string of the molecule is [CH2-][NH+]1C[C@@H]2C[C@H]1CN2. The summed E-state index contributed by atoms with van der Waals surface area (Å²) >= 11 is 0. The first-order valence-corrected chi connectivity index (χ1v) is 3.27. The first-order chi connectivity index (χ1) is 3.86. The van der Waals surface area contributed by atoms with Gasteiger partial charge in [0.05, 0.1) is 18.6 Å². The van der Waals surface area contributed by atoms with E-state index in [0.29, 0.717) is 0 Å². The molecule has 8 heavy (non-hydrogen) atoms. The van der Waals surface area contributed by atoms with Crippen molar-refractivity contribution in [2.75, 3.05) is 13.1 Å². The highest BCUT2D eigenvalue weighted by Crippen LogP contribution is 2.07. The normalized spacial score (nSPS) is 52.9. The van der Waals surface area contributed by atoms with Gasteiger partial charge >= 0.3 is 0 Å². The summed E-state index contributed by atoms with van der Waals surface area (Å²) in [6, 6.07) is 1.63. The highest BCUT2D eigenvalue weighted by atomic mass is 15.3. The number of piperazine rings is 1. The Labute approximate surface area is 49.9 Å². The molecule has 2 saturated heterocycles. The highest BCUT2D eigenvalue weighted by Gasteiger charge is 2.35. The maximum Gasteiger partial charge on any atom is 0.0779 e.